The Balaban J connectivity index is 1.58. The highest BCUT2D eigenvalue weighted by molar-refractivity contribution is 5.94. The van der Waals surface area contributed by atoms with Crippen LogP contribution >= 0.6 is 0 Å². The summed E-state index contributed by atoms with van der Waals surface area (Å²) in [6, 6.07) is 5.78. The Morgan fingerprint density at radius 1 is 1.15 bits per heavy atom. The quantitative estimate of drug-likeness (QED) is 0.670. The molecule has 0 fully saturated rings. The Morgan fingerprint density at radius 2 is 2.00 bits per heavy atom. The molecular formula is C18H13F3N4O. The molecule has 4 rings (SSSR count). The first-order valence-electron chi connectivity index (χ1n) is 7.97. The molecule has 0 bridgehead atoms. The topological polar surface area (TPSA) is 59.0 Å². The van der Waals surface area contributed by atoms with E-state index in [9.17, 15) is 18.0 Å². The van der Waals surface area contributed by atoms with E-state index >= 15 is 0 Å². The lowest BCUT2D eigenvalue weighted by Crippen LogP contribution is -2.36. The van der Waals surface area contributed by atoms with Crippen LogP contribution in [0, 0.1) is 0 Å². The summed E-state index contributed by atoms with van der Waals surface area (Å²) >= 11 is 0. The highest BCUT2D eigenvalue weighted by atomic mass is 19.4. The fraction of sp³-hybridized carbons (Fsp3) is 0.222. The Hall–Kier alpha value is -3.03. The molecule has 0 saturated heterocycles. The number of hydrogen-bond acceptors (Lipinski definition) is 4. The molecule has 0 unspecified atom stereocenters. The van der Waals surface area contributed by atoms with E-state index in [1.54, 1.807) is 17.3 Å². The lowest BCUT2D eigenvalue weighted by atomic mass is 10.0. The summed E-state index contributed by atoms with van der Waals surface area (Å²) in [5.74, 6) is -0.344. The molecule has 1 aliphatic heterocycles. The summed E-state index contributed by atoms with van der Waals surface area (Å²) < 4.78 is 37.8. The summed E-state index contributed by atoms with van der Waals surface area (Å²) in [6.45, 7) is 0.809. The van der Waals surface area contributed by atoms with Crippen LogP contribution in [0.1, 0.15) is 27.3 Å². The van der Waals surface area contributed by atoms with Crippen LogP contribution in [0.25, 0.3) is 10.9 Å². The number of nitrogens with zero attached hydrogens (tertiary/aromatic N) is 4. The largest absolute Gasteiger partial charge is 0.433 e. The normalized spacial score (nSPS) is 14.3. The van der Waals surface area contributed by atoms with Crippen LogP contribution in [-0.2, 0) is 19.1 Å². The molecule has 26 heavy (non-hydrogen) atoms. The van der Waals surface area contributed by atoms with E-state index < -0.39 is 11.9 Å². The van der Waals surface area contributed by atoms with Crippen molar-refractivity contribution >= 4 is 16.8 Å². The molecule has 5 nitrogen and oxygen atoms in total. The fourth-order valence-electron chi connectivity index (χ4n) is 3.02. The molecule has 0 aliphatic carbocycles. The third kappa shape index (κ3) is 2.98. The van der Waals surface area contributed by atoms with Gasteiger partial charge in [0.05, 0.1) is 11.1 Å². The Labute approximate surface area is 146 Å². The van der Waals surface area contributed by atoms with E-state index in [1.165, 1.54) is 0 Å². The van der Waals surface area contributed by atoms with Gasteiger partial charge in [0.2, 0.25) is 0 Å². The summed E-state index contributed by atoms with van der Waals surface area (Å²) in [4.78, 5) is 26.2. The molecule has 0 aromatic carbocycles. The number of halogens is 3. The number of fused-ring (bicyclic) bond motifs is 2. The van der Waals surface area contributed by atoms with Gasteiger partial charge in [0.15, 0.2) is 0 Å². The van der Waals surface area contributed by atoms with Gasteiger partial charge in [-0.05, 0) is 29.8 Å². The summed E-state index contributed by atoms with van der Waals surface area (Å²) in [7, 11) is 0. The molecule has 0 spiro atoms. The highest BCUT2D eigenvalue weighted by Gasteiger charge is 2.32. The van der Waals surface area contributed by atoms with Crippen LogP contribution in [0.3, 0.4) is 0 Å². The van der Waals surface area contributed by atoms with Gasteiger partial charge in [0.25, 0.3) is 5.91 Å². The van der Waals surface area contributed by atoms with Gasteiger partial charge in [0, 0.05) is 49.2 Å². The molecule has 0 radical (unpaired) electrons. The molecule has 0 saturated carbocycles. The molecule has 0 N–H and O–H groups in total. The zero-order valence-corrected chi connectivity index (χ0v) is 13.5. The molecule has 1 aliphatic rings. The van der Waals surface area contributed by atoms with Crippen molar-refractivity contribution in [1.82, 2.24) is 19.9 Å². The summed E-state index contributed by atoms with van der Waals surface area (Å²) in [5, 5.41) is 0.886. The van der Waals surface area contributed by atoms with E-state index in [1.807, 2.05) is 12.1 Å². The maximum absolute atomic E-state index is 12.6. The van der Waals surface area contributed by atoms with Crippen LogP contribution in [-0.4, -0.2) is 32.3 Å². The summed E-state index contributed by atoms with van der Waals surface area (Å²) in [6.07, 6.45) is 0.435. The van der Waals surface area contributed by atoms with Crippen molar-refractivity contribution in [3.05, 3.63) is 65.4 Å². The van der Waals surface area contributed by atoms with Gasteiger partial charge in [-0.25, -0.2) is 0 Å². The number of amides is 1. The van der Waals surface area contributed by atoms with Crippen molar-refractivity contribution in [2.24, 2.45) is 0 Å². The molecule has 3 aromatic heterocycles. The van der Waals surface area contributed by atoms with Gasteiger partial charge in [0.1, 0.15) is 5.69 Å². The molecular weight excluding hydrogens is 345 g/mol. The van der Waals surface area contributed by atoms with Gasteiger partial charge in [-0.3, -0.25) is 19.7 Å². The number of rotatable bonds is 1. The fourth-order valence-corrected chi connectivity index (χ4v) is 3.02. The van der Waals surface area contributed by atoms with E-state index in [-0.39, 0.29) is 11.5 Å². The third-order valence-corrected chi connectivity index (χ3v) is 4.35. The SMILES string of the molecule is O=C(c1ccc(C(F)(F)F)nc1)N1CCc2nc3ccncc3cc2C1. The van der Waals surface area contributed by atoms with Gasteiger partial charge in [-0.1, -0.05) is 0 Å². The first-order chi connectivity index (χ1) is 12.4. The lowest BCUT2D eigenvalue weighted by molar-refractivity contribution is -0.141. The second kappa shape index (κ2) is 6.05. The van der Waals surface area contributed by atoms with Crippen molar-refractivity contribution in [2.75, 3.05) is 6.54 Å². The maximum Gasteiger partial charge on any atom is 0.433 e. The van der Waals surface area contributed by atoms with Crippen LogP contribution in [0.5, 0.6) is 0 Å². The Kier molecular flexibility index (Phi) is 3.82. The van der Waals surface area contributed by atoms with Gasteiger partial charge in [-0.15, -0.1) is 0 Å². The van der Waals surface area contributed by atoms with Gasteiger partial charge >= 0.3 is 6.18 Å². The van der Waals surface area contributed by atoms with E-state index in [2.05, 4.69) is 15.0 Å². The molecule has 0 atom stereocenters. The van der Waals surface area contributed by atoms with Crippen LogP contribution in [0.15, 0.2) is 42.9 Å². The minimum absolute atomic E-state index is 0.136. The van der Waals surface area contributed by atoms with Gasteiger partial charge < -0.3 is 4.90 Å². The van der Waals surface area contributed by atoms with Crippen molar-refractivity contribution in [3.63, 3.8) is 0 Å². The van der Waals surface area contributed by atoms with Gasteiger partial charge in [-0.2, -0.15) is 13.2 Å². The molecule has 4 heterocycles. The predicted molar refractivity (Wildman–Crippen MR) is 87.2 cm³/mol. The predicted octanol–water partition coefficient (Wildman–Crippen LogP) is 3.24. The molecule has 3 aromatic rings. The first kappa shape index (κ1) is 16.4. The van der Waals surface area contributed by atoms with Crippen molar-refractivity contribution < 1.29 is 18.0 Å². The molecule has 8 heteroatoms. The number of pyridine rings is 3. The number of aromatic nitrogens is 3. The van der Waals surface area contributed by atoms with Crippen LogP contribution in [0.2, 0.25) is 0 Å². The second-order valence-corrected chi connectivity index (χ2v) is 6.07. The van der Waals surface area contributed by atoms with E-state index in [0.717, 1.165) is 40.5 Å². The Bertz CT molecular complexity index is 986. The molecule has 1 amide bonds. The van der Waals surface area contributed by atoms with Crippen LogP contribution < -0.4 is 0 Å². The van der Waals surface area contributed by atoms with E-state index in [0.29, 0.717) is 19.5 Å². The number of alkyl halides is 3. The monoisotopic (exact) mass is 358 g/mol. The molecule has 132 valence electrons. The van der Waals surface area contributed by atoms with Crippen LogP contribution in [0.4, 0.5) is 13.2 Å². The average Bonchev–Trinajstić information content (AvgIpc) is 2.64. The van der Waals surface area contributed by atoms with Crippen molar-refractivity contribution in [1.29, 1.82) is 0 Å². The minimum atomic E-state index is -4.52. The number of carbonyl (C=O) groups is 1. The second-order valence-electron chi connectivity index (χ2n) is 6.07. The first-order valence-corrected chi connectivity index (χ1v) is 7.97. The number of carbonyl (C=O) groups excluding carboxylic acids is 1. The van der Waals surface area contributed by atoms with Crippen molar-refractivity contribution in [2.45, 2.75) is 19.1 Å². The average molecular weight is 358 g/mol. The third-order valence-electron chi connectivity index (χ3n) is 4.35. The zero-order chi connectivity index (χ0) is 18.3. The van der Waals surface area contributed by atoms with Crippen molar-refractivity contribution in [3.8, 4) is 0 Å². The Morgan fingerprint density at radius 3 is 2.73 bits per heavy atom. The zero-order valence-electron chi connectivity index (χ0n) is 13.5. The number of hydrogen-bond donors (Lipinski definition) is 0. The lowest BCUT2D eigenvalue weighted by Gasteiger charge is -2.28. The smallest absolute Gasteiger partial charge is 0.334 e. The minimum Gasteiger partial charge on any atom is -0.334 e. The summed E-state index contributed by atoms with van der Waals surface area (Å²) in [5.41, 5.74) is 1.83. The maximum atomic E-state index is 12.6. The highest BCUT2D eigenvalue weighted by Crippen LogP contribution is 2.28. The van der Waals surface area contributed by atoms with E-state index in [4.69, 9.17) is 0 Å². The standard InChI is InChI=1S/C18H13F3N4O/c19-18(20,21)16-2-1-11(9-23-16)17(26)25-6-4-15-13(10-25)7-12-8-22-5-3-14(12)24-15/h1-3,5,7-9H,4,6,10H2.